The Balaban J connectivity index is 2.38. The van der Waals surface area contributed by atoms with Gasteiger partial charge in [-0.05, 0) is 52.7 Å². The minimum absolute atomic E-state index is 0.664. The van der Waals surface area contributed by atoms with Crippen molar-refractivity contribution in [1.29, 1.82) is 0 Å². The molecule has 0 bridgehead atoms. The van der Waals surface area contributed by atoms with Crippen molar-refractivity contribution in [2.75, 3.05) is 23.3 Å². The number of anilines is 3. The number of hydrogen-bond acceptors (Lipinski definition) is 4. The first-order chi connectivity index (χ1) is 10.4. The van der Waals surface area contributed by atoms with E-state index < -0.39 is 0 Å². The molecule has 0 aliphatic rings. The van der Waals surface area contributed by atoms with Gasteiger partial charge in [-0.2, -0.15) is 4.98 Å². The van der Waals surface area contributed by atoms with Gasteiger partial charge in [-0.1, -0.05) is 17.7 Å². The van der Waals surface area contributed by atoms with E-state index in [4.69, 9.17) is 0 Å². The lowest BCUT2D eigenvalue weighted by Gasteiger charge is -2.21. The first-order valence-corrected chi connectivity index (χ1v) is 7.90. The molecule has 0 unspecified atom stereocenters. The average molecular weight is 298 g/mol. The second-order valence-electron chi connectivity index (χ2n) is 5.76. The highest BCUT2D eigenvalue weighted by Crippen LogP contribution is 2.25. The zero-order chi connectivity index (χ0) is 16.3. The maximum absolute atomic E-state index is 4.68. The molecular formula is C18H26N4. The third-order valence-corrected chi connectivity index (χ3v) is 3.84. The molecule has 1 N–H and O–H groups in total. The molecule has 1 aromatic carbocycles. The second kappa shape index (κ2) is 6.77. The number of aromatic nitrogens is 2. The zero-order valence-electron chi connectivity index (χ0n) is 14.5. The molecule has 0 amide bonds. The molecule has 2 aromatic rings. The van der Waals surface area contributed by atoms with E-state index in [0.717, 1.165) is 30.3 Å². The number of aryl methyl sites for hydroxylation is 4. The molecule has 4 heteroatoms. The SMILES string of the molecule is CCN(CC)c1cc(C)nc(Nc2c(C)cc(C)cc2C)n1. The summed E-state index contributed by atoms with van der Waals surface area (Å²) in [6, 6.07) is 6.39. The molecule has 0 radical (unpaired) electrons. The second-order valence-corrected chi connectivity index (χ2v) is 5.76. The van der Waals surface area contributed by atoms with E-state index in [1.807, 2.05) is 13.0 Å². The van der Waals surface area contributed by atoms with Gasteiger partial charge in [0.05, 0.1) is 0 Å². The van der Waals surface area contributed by atoms with Crippen LogP contribution in [0.3, 0.4) is 0 Å². The van der Waals surface area contributed by atoms with Gasteiger partial charge in [0, 0.05) is 30.5 Å². The normalized spacial score (nSPS) is 10.6. The Morgan fingerprint density at radius 3 is 2.05 bits per heavy atom. The van der Waals surface area contributed by atoms with Crippen LogP contribution in [0.2, 0.25) is 0 Å². The van der Waals surface area contributed by atoms with Crippen LogP contribution in [0.25, 0.3) is 0 Å². The fourth-order valence-corrected chi connectivity index (χ4v) is 2.81. The molecule has 4 nitrogen and oxygen atoms in total. The largest absolute Gasteiger partial charge is 0.357 e. The van der Waals surface area contributed by atoms with Gasteiger partial charge in [0.2, 0.25) is 5.95 Å². The number of benzene rings is 1. The van der Waals surface area contributed by atoms with Crippen LogP contribution in [0.5, 0.6) is 0 Å². The summed E-state index contributed by atoms with van der Waals surface area (Å²) in [5.74, 6) is 1.64. The third kappa shape index (κ3) is 3.56. The molecule has 1 heterocycles. The molecule has 118 valence electrons. The Labute approximate surface area is 133 Å². The number of nitrogens with zero attached hydrogens (tertiary/aromatic N) is 3. The minimum atomic E-state index is 0.664. The Hall–Kier alpha value is -2.10. The van der Waals surface area contributed by atoms with Crippen molar-refractivity contribution in [1.82, 2.24) is 9.97 Å². The Bertz CT molecular complexity index is 637. The molecule has 0 fully saturated rings. The van der Waals surface area contributed by atoms with Crippen LogP contribution in [-0.4, -0.2) is 23.1 Å². The Morgan fingerprint density at radius 2 is 1.50 bits per heavy atom. The molecule has 2 rings (SSSR count). The highest BCUT2D eigenvalue weighted by molar-refractivity contribution is 5.64. The first kappa shape index (κ1) is 16.3. The fourth-order valence-electron chi connectivity index (χ4n) is 2.81. The topological polar surface area (TPSA) is 41.1 Å². The van der Waals surface area contributed by atoms with Crippen LogP contribution in [0.4, 0.5) is 17.5 Å². The van der Waals surface area contributed by atoms with Gasteiger partial charge >= 0.3 is 0 Å². The van der Waals surface area contributed by atoms with Crippen LogP contribution in [0, 0.1) is 27.7 Å². The van der Waals surface area contributed by atoms with E-state index in [9.17, 15) is 0 Å². The van der Waals surface area contributed by atoms with Crippen molar-refractivity contribution >= 4 is 17.5 Å². The van der Waals surface area contributed by atoms with E-state index in [1.54, 1.807) is 0 Å². The zero-order valence-corrected chi connectivity index (χ0v) is 14.5. The fraction of sp³-hybridized carbons (Fsp3) is 0.444. The maximum atomic E-state index is 4.68. The molecule has 0 aliphatic heterocycles. The summed E-state index contributed by atoms with van der Waals surface area (Å²) in [7, 11) is 0. The predicted octanol–water partition coefficient (Wildman–Crippen LogP) is 4.30. The van der Waals surface area contributed by atoms with E-state index in [0.29, 0.717) is 5.95 Å². The van der Waals surface area contributed by atoms with Crippen molar-refractivity contribution in [3.05, 3.63) is 40.6 Å². The average Bonchev–Trinajstić information content (AvgIpc) is 2.43. The molecule has 0 atom stereocenters. The minimum Gasteiger partial charge on any atom is -0.357 e. The van der Waals surface area contributed by atoms with Gasteiger partial charge in [0.15, 0.2) is 0 Å². The van der Waals surface area contributed by atoms with Crippen LogP contribution in [-0.2, 0) is 0 Å². The van der Waals surface area contributed by atoms with Gasteiger partial charge in [0.25, 0.3) is 0 Å². The van der Waals surface area contributed by atoms with E-state index in [-0.39, 0.29) is 0 Å². The summed E-state index contributed by atoms with van der Waals surface area (Å²) in [4.78, 5) is 11.4. The lowest BCUT2D eigenvalue weighted by molar-refractivity contribution is 0.840. The van der Waals surface area contributed by atoms with Gasteiger partial charge < -0.3 is 10.2 Å². The van der Waals surface area contributed by atoms with Crippen molar-refractivity contribution < 1.29 is 0 Å². The van der Waals surface area contributed by atoms with Crippen molar-refractivity contribution in [2.45, 2.75) is 41.5 Å². The summed E-state index contributed by atoms with van der Waals surface area (Å²) < 4.78 is 0. The summed E-state index contributed by atoms with van der Waals surface area (Å²) >= 11 is 0. The van der Waals surface area contributed by atoms with E-state index >= 15 is 0 Å². The monoisotopic (exact) mass is 298 g/mol. The number of rotatable bonds is 5. The van der Waals surface area contributed by atoms with Crippen molar-refractivity contribution in [3.63, 3.8) is 0 Å². The molecule has 22 heavy (non-hydrogen) atoms. The van der Waals surface area contributed by atoms with E-state index in [2.05, 4.69) is 66.9 Å². The highest BCUT2D eigenvalue weighted by atomic mass is 15.2. The maximum Gasteiger partial charge on any atom is 0.229 e. The lowest BCUT2D eigenvalue weighted by atomic mass is 10.1. The van der Waals surface area contributed by atoms with Gasteiger partial charge in [0.1, 0.15) is 5.82 Å². The van der Waals surface area contributed by atoms with E-state index in [1.165, 1.54) is 16.7 Å². The van der Waals surface area contributed by atoms with Crippen molar-refractivity contribution in [2.24, 2.45) is 0 Å². The molecule has 0 aliphatic carbocycles. The van der Waals surface area contributed by atoms with Crippen LogP contribution in [0.15, 0.2) is 18.2 Å². The Morgan fingerprint density at radius 1 is 0.909 bits per heavy atom. The summed E-state index contributed by atoms with van der Waals surface area (Å²) in [5, 5.41) is 3.40. The molecule has 1 aromatic heterocycles. The predicted molar refractivity (Wildman–Crippen MR) is 94.3 cm³/mol. The molecule has 0 spiro atoms. The lowest BCUT2D eigenvalue weighted by Crippen LogP contribution is -2.23. The van der Waals surface area contributed by atoms with Gasteiger partial charge in [-0.3, -0.25) is 0 Å². The van der Waals surface area contributed by atoms with Crippen molar-refractivity contribution in [3.8, 4) is 0 Å². The summed E-state index contributed by atoms with van der Waals surface area (Å²) in [5.41, 5.74) is 5.78. The smallest absolute Gasteiger partial charge is 0.229 e. The van der Waals surface area contributed by atoms with Gasteiger partial charge in [-0.15, -0.1) is 0 Å². The first-order valence-electron chi connectivity index (χ1n) is 7.90. The standard InChI is InChI=1S/C18H26N4/c1-7-22(8-2)16-11-15(6)19-18(20-16)21-17-13(4)9-12(3)10-14(17)5/h9-11H,7-8H2,1-6H3,(H,19,20,21). The quantitative estimate of drug-likeness (QED) is 0.893. The van der Waals surface area contributed by atoms with Crippen LogP contribution >= 0.6 is 0 Å². The summed E-state index contributed by atoms with van der Waals surface area (Å²) in [6.45, 7) is 14.5. The van der Waals surface area contributed by atoms with Crippen LogP contribution < -0.4 is 10.2 Å². The highest BCUT2D eigenvalue weighted by Gasteiger charge is 2.10. The summed E-state index contributed by atoms with van der Waals surface area (Å²) in [6.07, 6.45) is 0. The number of hydrogen-bond donors (Lipinski definition) is 1. The van der Waals surface area contributed by atoms with Crippen LogP contribution in [0.1, 0.15) is 36.2 Å². The Kier molecular flexibility index (Phi) is 5.01. The number of nitrogens with one attached hydrogen (secondary N) is 1. The molecular weight excluding hydrogens is 272 g/mol. The molecule has 0 saturated heterocycles. The third-order valence-electron chi connectivity index (χ3n) is 3.84. The van der Waals surface area contributed by atoms with Gasteiger partial charge in [-0.25, -0.2) is 4.98 Å². The molecule has 0 saturated carbocycles.